The summed E-state index contributed by atoms with van der Waals surface area (Å²) < 4.78 is 5.84. The van der Waals surface area contributed by atoms with E-state index < -0.39 is 0 Å². The average molecular weight is 311 g/mol. The van der Waals surface area contributed by atoms with Gasteiger partial charge in [0.2, 0.25) is 0 Å². The van der Waals surface area contributed by atoms with Crippen LogP contribution in [0, 0.1) is 6.92 Å². The molecule has 6 nitrogen and oxygen atoms in total. The van der Waals surface area contributed by atoms with Crippen molar-refractivity contribution in [2.45, 2.75) is 13.5 Å². The van der Waals surface area contributed by atoms with Gasteiger partial charge in [-0.25, -0.2) is 11.4 Å². The minimum atomic E-state index is 0.344. The fraction of sp³-hybridized carbons (Fsp3) is 0.235. The van der Waals surface area contributed by atoms with E-state index in [1.54, 1.807) is 0 Å². The number of amidine groups is 1. The minimum Gasteiger partial charge on any atom is -0.490 e. The molecule has 1 heterocycles. The number of ether oxygens (including phenoxy) is 1. The van der Waals surface area contributed by atoms with Gasteiger partial charge in [0.25, 0.3) is 0 Å². The number of aryl methyl sites for hydroxylation is 1. The maximum absolute atomic E-state index is 6.08. The maximum Gasteiger partial charge on any atom is 0.154 e. The highest BCUT2D eigenvalue weighted by Crippen LogP contribution is 2.37. The van der Waals surface area contributed by atoms with Crippen molar-refractivity contribution in [3.05, 3.63) is 59.2 Å². The summed E-state index contributed by atoms with van der Waals surface area (Å²) in [7, 11) is 0. The van der Waals surface area contributed by atoms with E-state index in [0.717, 1.165) is 35.7 Å². The number of nitrogens with one attached hydrogen (secondary N) is 1. The van der Waals surface area contributed by atoms with Crippen LogP contribution in [-0.4, -0.2) is 19.0 Å². The summed E-state index contributed by atoms with van der Waals surface area (Å²) in [5.41, 5.74) is 12.4. The van der Waals surface area contributed by atoms with Crippen molar-refractivity contribution in [2.75, 3.05) is 18.1 Å². The molecule has 3 rings (SSSR count). The van der Waals surface area contributed by atoms with E-state index in [1.807, 2.05) is 37.3 Å². The number of hydrogen-bond acceptors (Lipinski definition) is 5. The molecule has 0 radical (unpaired) electrons. The van der Waals surface area contributed by atoms with Crippen molar-refractivity contribution >= 4 is 11.5 Å². The van der Waals surface area contributed by atoms with E-state index in [-0.39, 0.29) is 0 Å². The van der Waals surface area contributed by atoms with Crippen molar-refractivity contribution in [1.29, 1.82) is 0 Å². The van der Waals surface area contributed by atoms with Crippen molar-refractivity contribution in [3.8, 4) is 5.75 Å². The van der Waals surface area contributed by atoms with Crippen molar-refractivity contribution in [2.24, 2.45) is 16.7 Å². The largest absolute Gasteiger partial charge is 0.490 e. The molecular formula is C17H21N5O. The SMILES string of the molecule is Cc1cc2c(c(/C(N)=N/NN)c1)N(Cc1ccccc1)CCO2. The second-order valence-corrected chi connectivity index (χ2v) is 5.54. The molecule has 0 aromatic heterocycles. The number of nitrogens with two attached hydrogens (primary N) is 2. The van der Waals surface area contributed by atoms with Crippen LogP contribution in [-0.2, 0) is 6.54 Å². The lowest BCUT2D eigenvalue weighted by Gasteiger charge is -2.33. The molecule has 0 aliphatic carbocycles. The summed E-state index contributed by atoms with van der Waals surface area (Å²) in [5.74, 6) is 6.45. The van der Waals surface area contributed by atoms with Crippen LogP contribution in [0.1, 0.15) is 16.7 Å². The molecule has 0 bridgehead atoms. The number of hydrazine groups is 1. The lowest BCUT2D eigenvalue weighted by Crippen LogP contribution is -2.35. The third-order valence-corrected chi connectivity index (χ3v) is 3.83. The molecule has 0 unspecified atom stereocenters. The van der Waals surface area contributed by atoms with Crippen LogP contribution in [0.4, 0.5) is 5.69 Å². The van der Waals surface area contributed by atoms with E-state index in [4.69, 9.17) is 16.3 Å². The van der Waals surface area contributed by atoms with Gasteiger partial charge in [-0.3, -0.25) is 0 Å². The Morgan fingerprint density at radius 3 is 2.83 bits per heavy atom. The molecule has 2 aromatic rings. The predicted octanol–water partition coefficient (Wildman–Crippen LogP) is 1.48. The first-order valence-electron chi connectivity index (χ1n) is 7.54. The Labute approximate surface area is 135 Å². The maximum atomic E-state index is 6.08. The summed E-state index contributed by atoms with van der Waals surface area (Å²) in [5, 5.41) is 3.93. The number of hydrazone groups is 1. The Balaban J connectivity index is 2.04. The second kappa shape index (κ2) is 6.58. The second-order valence-electron chi connectivity index (χ2n) is 5.54. The van der Waals surface area contributed by atoms with Gasteiger partial charge < -0.3 is 15.4 Å². The van der Waals surface area contributed by atoms with Crippen LogP contribution in [0.5, 0.6) is 5.75 Å². The zero-order valence-electron chi connectivity index (χ0n) is 13.1. The van der Waals surface area contributed by atoms with Gasteiger partial charge in [-0.1, -0.05) is 30.3 Å². The molecule has 0 atom stereocenters. The number of hydrogen-bond donors (Lipinski definition) is 3. The minimum absolute atomic E-state index is 0.344. The monoisotopic (exact) mass is 311 g/mol. The van der Waals surface area contributed by atoms with Gasteiger partial charge in [0.15, 0.2) is 5.84 Å². The molecule has 0 fully saturated rings. The fourth-order valence-corrected chi connectivity index (χ4v) is 2.85. The summed E-state index contributed by atoms with van der Waals surface area (Å²) in [4.78, 5) is 2.27. The van der Waals surface area contributed by atoms with Crippen molar-refractivity contribution < 1.29 is 4.74 Å². The Hall–Kier alpha value is -2.73. The van der Waals surface area contributed by atoms with Crippen LogP contribution < -0.4 is 26.7 Å². The first-order valence-corrected chi connectivity index (χ1v) is 7.54. The van der Waals surface area contributed by atoms with Crippen LogP contribution in [0.2, 0.25) is 0 Å². The molecule has 0 saturated heterocycles. The number of fused-ring (bicyclic) bond motifs is 1. The smallest absolute Gasteiger partial charge is 0.154 e. The zero-order chi connectivity index (χ0) is 16.2. The number of rotatable bonds is 4. The lowest BCUT2D eigenvalue weighted by atomic mass is 10.0. The van der Waals surface area contributed by atoms with Crippen LogP contribution in [0.3, 0.4) is 0 Å². The molecule has 0 amide bonds. The summed E-state index contributed by atoms with van der Waals surface area (Å²) >= 11 is 0. The normalized spacial score (nSPS) is 14.2. The molecule has 23 heavy (non-hydrogen) atoms. The van der Waals surface area contributed by atoms with E-state index in [2.05, 4.69) is 27.7 Å². The van der Waals surface area contributed by atoms with Gasteiger partial charge in [0.05, 0.1) is 12.2 Å². The van der Waals surface area contributed by atoms with Gasteiger partial charge in [-0.15, -0.1) is 5.10 Å². The molecule has 5 N–H and O–H groups in total. The van der Waals surface area contributed by atoms with Crippen LogP contribution in [0.15, 0.2) is 47.6 Å². The van der Waals surface area contributed by atoms with Gasteiger partial charge in [-0.2, -0.15) is 0 Å². The van der Waals surface area contributed by atoms with Gasteiger partial charge in [0.1, 0.15) is 12.4 Å². The van der Waals surface area contributed by atoms with Crippen molar-refractivity contribution in [3.63, 3.8) is 0 Å². The molecule has 1 aliphatic rings. The Bertz CT molecular complexity index is 714. The lowest BCUT2D eigenvalue weighted by molar-refractivity contribution is 0.306. The third kappa shape index (κ3) is 3.22. The van der Waals surface area contributed by atoms with E-state index in [1.165, 1.54) is 5.56 Å². The summed E-state index contributed by atoms with van der Waals surface area (Å²) in [6.45, 7) is 4.24. The first-order chi connectivity index (χ1) is 11.2. The van der Waals surface area contributed by atoms with E-state index in [9.17, 15) is 0 Å². The summed E-state index contributed by atoms with van der Waals surface area (Å²) in [6.07, 6.45) is 0. The number of benzene rings is 2. The topological polar surface area (TPSA) is 88.9 Å². The van der Waals surface area contributed by atoms with Crippen LogP contribution >= 0.6 is 0 Å². The van der Waals surface area contributed by atoms with Crippen LogP contribution in [0.25, 0.3) is 0 Å². The number of nitrogens with zero attached hydrogens (tertiary/aromatic N) is 2. The molecule has 0 saturated carbocycles. The van der Waals surface area contributed by atoms with E-state index in [0.29, 0.717) is 12.4 Å². The quantitative estimate of drug-likeness (QED) is 0.344. The number of anilines is 1. The van der Waals surface area contributed by atoms with Gasteiger partial charge in [-0.05, 0) is 30.2 Å². The highest BCUT2D eigenvalue weighted by molar-refractivity contribution is 6.04. The molecule has 2 aromatic carbocycles. The standard InChI is InChI=1S/C17H21N5O/c1-12-9-14(17(18)20-21-19)16-15(10-12)23-8-7-22(16)11-13-5-3-2-4-6-13/h2-6,9-10,21H,7-8,11,19H2,1H3,(H2,18,20). The molecule has 120 valence electrons. The first kappa shape index (κ1) is 15.2. The predicted molar refractivity (Wildman–Crippen MR) is 92.2 cm³/mol. The average Bonchev–Trinajstić information content (AvgIpc) is 2.55. The molecule has 6 heteroatoms. The highest BCUT2D eigenvalue weighted by atomic mass is 16.5. The molecular weight excluding hydrogens is 290 g/mol. The summed E-state index contributed by atoms with van der Waals surface area (Å²) in [6, 6.07) is 14.4. The zero-order valence-corrected chi connectivity index (χ0v) is 13.1. The van der Waals surface area contributed by atoms with Crippen molar-refractivity contribution in [1.82, 2.24) is 5.53 Å². The highest BCUT2D eigenvalue weighted by Gasteiger charge is 2.24. The van der Waals surface area contributed by atoms with E-state index >= 15 is 0 Å². The molecule has 0 spiro atoms. The third-order valence-electron chi connectivity index (χ3n) is 3.83. The van der Waals surface area contributed by atoms with Gasteiger partial charge >= 0.3 is 0 Å². The fourth-order valence-electron chi connectivity index (χ4n) is 2.85. The Morgan fingerprint density at radius 2 is 2.09 bits per heavy atom. The Kier molecular flexibility index (Phi) is 4.34. The Morgan fingerprint density at radius 1 is 1.30 bits per heavy atom. The molecule has 1 aliphatic heterocycles. The van der Waals surface area contributed by atoms with Gasteiger partial charge in [0, 0.05) is 12.1 Å².